The molecular weight excluding hydrogens is 667 g/mol. The molecule has 0 atom stereocenters. The van der Waals surface area contributed by atoms with E-state index in [4.69, 9.17) is 13.9 Å². The minimum absolute atomic E-state index is 0.825. The molecule has 0 radical (unpaired) electrons. The van der Waals surface area contributed by atoms with Crippen LogP contribution in [0.5, 0.6) is 23.0 Å². The van der Waals surface area contributed by atoms with E-state index in [1.807, 2.05) is 60.7 Å². The number of para-hydroxylation sites is 9. The zero-order valence-electron chi connectivity index (χ0n) is 28.8. The first kappa shape index (κ1) is 29.2. The van der Waals surface area contributed by atoms with Gasteiger partial charge in [-0.25, -0.2) is 0 Å². The predicted molar refractivity (Wildman–Crippen MR) is 218 cm³/mol. The molecule has 8 aromatic carbocycles. The smallest absolute Gasteiger partial charge is 0.151 e. The van der Waals surface area contributed by atoms with E-state index in [9.17, 15) is 0 Å². The highest BCUT2D eigenvalue weighted by Gasteiger charge is 2.28. The normalized spacial score (nSPS) is 13.0. The highest BCUT2D eigenvalue weighted by atomic mass is 16.5. The average Bonchev–Trinajstić information content (AvgIpc) is 3.76. The van der Waals surface area contributed by atoms with Crippen LogP contribution in [-0.2, 0) is 0 Å². The number of hydrogen-bond acceptors (Lipinski definition) is 5. The third kappa shape index (κ3) is 4.16. The van der Waals surface area contributed by atoms with Gasteiger partial charge in [-0.1, -0.05) is 66.7 Å². The lowest BCUT2D eigenvalue weighted by atomic mass is 10.1. The second-order valence-corrected chi connectivity index (χ2v) is 13.8. The van der Waals surface area contributed by atoms with E-state index in [1.54, 1.807) is 0 Å². The first-order valence-corrected chi connectivity index (χ1v) is 18.1. The Hall–Kier alpha value is -7.44. The van der Waals surface area contributed by atoms with Crippen molar-refractivity contribution in [3.8, 4) is 28.7 Å². The summed E-state index contributed by atoms with van der Waals surface area (Å²) in [6.45, 7) is 0. The van der Waals surface area contributed by atoms with Gasteiger partial charge in [0.2, 0.25) is 0 Å². The molecule has 0 aliphatic carbocycles. The summed E-state index contributed by atoms with van der Waals surface area (Å²) in [5.74, 6) is 3.30. The van der Waals surface area contributed by atoms with E-state index in [-0.39, 0.29) is 0 Å². The average molecular weight is 696 g/mol. The fraction of sp³-hybridized carbons (Fsp3) is 0. The maximum atomic E-state index is 6.38. The molecule has 0 saturated heterocycles. The summed E-state index contributed by atoms with van der Waals surface area (Å²) in [4.78, 5) is 4.61. The topological polar surface area (TPSA) is 43.0 Å². The number of hydrogen-bond donors (Lipinski definition) is 0. The number of furan rings is 1. The Morgan fingerprint density at radius 2 is 0.722 bits per heavy atom. The molecule has 4 heterocycles. The number of rotatable bonds is 3. The molecule has 0 spiro atoms. The monoisotopic (exact) mass is 695 g/mol. The van der Waals surface area contributed by atoms with Crippen LogP contribution in [0.3, 0.4) is 0 Å². The van der Waals surface area contributed by atoms with Crippen molar-refractivity contribution >= 4 is 77.9 Å². The summed E-state index contributed by atoms with van der Waals surface area (Å²) < 4.78 is 21.4. The van der Waals surface area contributed by atoms with Crippen molar-refractivity contribution in [2.45, 2.75) is 0 Å². The van der Waals surface area contributed by atoms with Gasteiger partial charge in [-0.05, 0) is 109 Å². The van der Waals surface area contributed by atoms with Crippen LogP contribution in [0.4, 0.5) is 34.1 Å². The van der Waals surface area contributed by atoms with Gasteiger partial charge in [0.25, 0.3) is 0 Å². The summed E-state index contributed by atoms with van der Waals surface area (Å²) >= 11 is 0. The van der Waals surface area contributed by atoms with E-state index in [0.29, 0.717) is 0 Å². The van der Waals surface area contributed by atoms with Gasteiger partial charge in [0.05, 0.1) is 33.8 Å². The lowest BCUT2D eigenvalue weighted by molar-refractivity contribution is 0.477. The van der Waals surface area contributed by atoms with Crippen molar-refractivity contribution in [3.63, 3.8) is 0 Å². The Kier molecular flexibility index (Phi) is 5.96. The van der Waals surface area contributed by atoms with Gasteiger partial charge in [-0.15, -0.1) is 0 Å². The van der Waals surface area contributed by atoms with E-state index in [0.717, 1.165) is 107 Å². The molecule has 254 valence electrons. The lowest BCUT2D eigenvalue weighted by Gasteiger charge is -2.33. The van der Waals surface area contributed by atoms with Gasteiger partial charge in [0.1, 0.15) is 11.2 Å². The van der Waals surface area contributed by atoms with Crippen molar-refractivity contribution < 1.29 is 13.9 Å². The lowest BCUT2D eigenvalue weighted by Crippen LogP contribution is -2.15. The van der Waals surface area contributed by atoms with Crippen LogP contribution in [0.1, 0.15) is 0 Å². The summed E-state index contributed by atoms with van der Waals surface area (Å²) in [5.41, 5.74) is 11.1. The SMILES string of the molecule is c1ccc2c(c1)Oc1ccccc1N2c1ccc2c(c1)c1cc(N3c4ccccc4Oc4ccccc43)ccc1n2-c1ccc2oc3ccccc3c2c1. The first-order chi connectivity index (χ1) is 26.8. The molecule has 2 aromatic heterocycles. The number of fused-ring (bicyclic) bond motifs is 10. The third-order valence-corrected chi connectivity index (χ3v) is 10.7. The molecule has 54 heavy (non-hydrogen) atoms. The Morgan fingerprint density at radius 1 is 0.315 bits per heavy atom. The number of aromatic nitrogens is 1. The molecule has 0 unspecified atom stereocenters. The quantitative estimate of drug-likeness (QED) is 0.184. The Bertz CT molecular complexity index is 2910. The third-order valence-electron chi connectivity index (χ3n) is 10.7. The standard InChI is InChI=1S/C48H29N3O3/c1-6-16-43-33(11-1)36-29-32(23-26-44(36)52-43)49-37-24-21-30(50-39-12-2-7-17-45(39)53-46-18-8-3-13-40(46)50)27-34(37)35-28-31(22-25-38(35)49)51-41-14-4-9-19-47(41)54-48-20-10-5-15-42(48)51/h1-29H. The molecule has 12 rings (SSSR count). The summed E-state index contributed by atoms with van der Waals surface area (Å²) in [7, 11) is 0. The Labute approximate surface area is 309 Å². The van der Waals surface area contributed by atoms with Crippen LogP contribution in [0, 0.1) is 0 Å². The molecule has 6 nitrogen and oxygen atoms in total. The predicted octanol–water partition coefficient (Wildman–Crippen LogP) is 13.8. The maximum absolute atomic E-state index is 6.38. The van der Waals surface area contributed by atoms with Crippen LogP contribution in [0.15, 0.2) is 180 Å². The van der Waals surface area contributed by atoms with Gasteiger partial charge < -0.3 is 28.3 Å². The first-order valence-electron chi connectivity index (χ1n) is 18.1. The molecule has 0 bridgehead atoms. The van der Waals surface area contributed by atoms with Crippen LogP contribution in [0.25, 0.3) is 49.4 Å². The van der Waals surface area contributed by atoms with Crippen molar-refractivity contribution in [2.24, 2.45) is 0 Å². The minimum atomic E-state index is 0.825. The molecular formula is C48H29N3O3. The Morgan fingerprint density at radius 3 is 1.24 bits per heavy atom. The fourth-order valence-corrected chi connectivity index (χ4v) is 8.37. The van der Waals surface area contributed by atoms with Gasteiger partial charge in [-0.3, -0.25) is 0 Å². The molecule has 0 N–H and O–H groups in total. The highest BCUT2D eigenvalue weighted by Crippen LogP contribution is 2.53. The van der Waals surface area contributed by atoms with Gasteiger partial charge in [0.15, 0.2) is 23.0 Å². The largest absolute Gasteiger partial charge is 0.456 e. The van der Waals surface area contributed by atoms with E-state index < -0.39 is 0 Å². The fourth-order valence-electron chi connectivity index (χ4n) is 8.37. The van der Waals surface area contributed by atoms with Crippen LogP contribution in [-0.4, -0.2) is 4.57 Å². The van der Waals surface area contributed by atoms with Crippen molar-refractivity contribution in [2.75, 3.05) is 9.80 Å². The van der Waals surface area contributed by atoms with Crippen molar-refractivity contribution in [1.29, 1.82) is 0 Å². The van der Waals surface area contributed by atoms with E-state index in [1.165, 1.54) is 0 Å². The van der Waals surface area contributed by atoms with E-state index >= 15 is 0 Å². The highest BCUT2D eigenvalue weighted by molar-refractivity contribution is 6.13. The minimum Gasteiger partial charge on any atom is -0.456 e. The number of anilines is 6. The summed E-state index contributed by atoms with van der Waals surface area (Å²) in [6.07, 6.45) is 0. The van der Waals surface area contributed by atoms with Gasteiger partial charge in [-0.2, -0.15) is 0 Å². The molecule has 0 amide bonds. The van der Waals surface area contributed by atoms with Crippen LogP contribution >= 0.6 is 0 Å². The number of benzene rings is 8. The van der Waals surface area contributed by atoms with E-state index in [2.05, 4.69) is 130 Å². The molecule has 10 aromatic rings. The maximum Gasteiger partial charge on any atom is 0.151 e. The van der Waals surface area contributed by atoms with Crippen molar-refractivity contribution in [1.82, 2.24) is 4.57 Å². The van der Waals surface area contributed by atoms with Crippen molar-refractivity contribution in [3.05, 3.63) is 176 Å². The molecule has 2 aliphatic rings. The zero-order chi connectivity index (χ0) is 35.3. The Balaban J connectivity index is 1.13. The molecule has 6 heteroatoms. The second-order valence-electron chi connectivity index (χ2n) is 13.8. The molecule has 0 saturated carbocycles. The van der Waals surface area contributed by atoms with Crippen LogP contribution < -0.4 is 19.3 Å². The zero-order valence-corrected chi connectivity index (χ0v) is 28.8. The molecule has 2 aliphatic heterocycles. The second kappa shape index (κ2) is 11.0. The van der Waals surface area contributed by atoms with Gasteiger partial charge in [0, 0.05) is 38.6 Å². The van der Waals surface area contributed by atoms with Crippen LogP contribution in [0.2, 0.25) is 0 Å². The molecule has 0 fully saturated rings. The number of nitrogens with zero attached hydrogens (tertiary/aromatic N) is 3. The number of ether oxygens (including phenoxy) is 2. The van der Waals surface area contributed by atoms with Gasteiger partial charge >= 0.3 is 0 Å². The summed E-state index contributed by atoms with van der Waals surface area (Å²) in [6, 6.07) is 61.3. The summed E-state index contributed by atoms with van der Waals surface area (Å²) in [5, 5.41) is 4.47.